The fourth-order valence-corrected chi connectivity index (χ4v) is 4.00. The van der Waals surface area contributed by atoms with Crippen molar-refractivity contribution in [1.29, 1.82) is 0 Å². The molecule has 0 fully saturated rings. The Morgan fingerprint density at radius 3 is 2.50 bits per heavy atom. The van der Waals surface area contributed by atoms with Gasteiger partial charge in [-0.2, -0.15) is 26.3 Å². The maximum atomic E-state index is 14.2. The predicted molar refractivity (Wildman–Crippen MR) is 115 cm³/mol. The molecule has 0 aliphatic carbocycles. The van der Waals surface area contributed by atoms with E-state index in [1.807, 2.05) is 0 Å². The van der Waals surface area contributed by atoms with Gasteiger partial charge in [0.25, 0.3) is 5.91 Å². The fourth-order valence-electron chi connectivity index (χ4n) is 4.00. The van der Waals surface area contributed by atoms with Gasteiger partial charge >= 0.3 is 12.4 Å². The van der Waals surface area contributed by atoms with Gasteiger partial charge in [0.15, 0.2) is 11.3 Å². The summed E-state index contributed by atoms with van der Waals surface area (Å²) in [4.78, 5) is 34.1. The molecule has 4 heterocycles. The van der Waals surface area contributed by atoms with E-state index in [4.69, 9.17) is 0 Å². The highest BCUT2D eigenvalue weighted by molar-refractivity contribution is 6.11. The maximum Gasteiger partial charge on any atom is 0.433 e. The predicted octanol–water partition coefficient (Wildman–Crippen LogP) is 4.41. The molecule has 1 aromatic carbocycles. The number of halogens is 6. The Morgan fingerprint density at radius 2 is 1.81 bits per heavy atom. The van der Waals surface area contributed by atoms with Crippen LogP contribution in [0.3, 0.4) is 0 Å². The molecule has 0 aliphatic rings. The van der Waals surface area contributed by atoms with Crippen LogP contribution in [0.15, 0.2) is 55.0 Å². The Hall–Kier alpha value is -4.64. The van der Waals surface area contributed by atoms with Crippen LogP contribution in [0.4, 0.5) is 32.0 Å². The topological polar surface area (TPSA) is 92.7 Å². The monoisotopic (exact) mass is 503 g/mol. The van der Waals surface area contributed by atoms with Crippen molar-refractivity contribution in [3.63, 3.8) is 0 Å². The van der Waals surface area contributed by atoms with Crippen LogP contribution in [-0.2, 0) is 17.1 Å². The molecular formula is C23H11F6N5O2. The van der Waals surface area contributed by atoms with Crippen molar-refractivity contribution in [2.45, 2.75) is 12.4 Å². The van der Waals surface area contributed by atoms with Gasteiger partial charge in [-0.25, -0.2) is 4.79 Å². The summed E-state index contributed by atoms with van der Waals surface area (Å²) < 4.78 is 82.0. The van der Waals surface area contributed by atoms with E-state index in [1.165, 1.54) is 6.07 Å². The quantitative estimate of drug-likeness (QED) is 0.357. The minimum absolute atomic E-state index is 0.0285. The first kappa shape index (κ1) is 23.1. The number of nitrogens with one attached hydrogen (secondary N) is 2. The van der Waals surface area contributed by atoms with E-state index >= 15 is 0 Å². The van der Waals surface area contributed by atoms with Crippen LogP contribution in [-0.4, -0.2) is 31.4 Å². The molecule has 13 heteroatoms. The molecule has 2 N–H and O–H groups in total. The third kappa shape index (κ3) is 3.75. The van der Waals surface area contributed by atoms with Crippen molar-refractivity contribution >= 4 is 39.3 Å². The standard InChI is InChI=1S/C23H11F6N5O2/c24-22(25,26)17-8-11(4-6-30-17)32-21(36)13-5-7-34(20(13)23(27,28)29)16-9-31-19-15(10-35)33-14-3-1-2-12(16)18(14)19/h1-9,33H,(H,30,32,36). The Morgan fingerprint density at radius 1 is 1.03 bits per heavy atom. The molecular weight excluding hydrogens is 492 g/mol. The smallest absolute Gasteiger partial charge is 0.344 e. The first-order valence-corrected chi connectivity index (χ1v) is 10.1. The second-order valence-corrected chi connectivity index (χ2v) is 7.65. The Bertz CT molecular complexity index is 1730. The summed E-state index contributed by atoms with van der Waals surface area (Å²) in [6, 6.07) is 7.16. The average molecular weight is 503 g/mol. The van der Waals surface area contributed by atoms with Crippen LogP contribution >= 0.6 is 0 Å². The van der Waals surface area contributed by atoms with E-state index in [0.717, 1.165) is 35.3 Å². The van der Waals surface area contributed by atoms with Gasteiger partial charge < -0.3 is 14.9 Å². The molecule has 0 radical (unpaired) electrons. The van der Waals surface area contributed by atoms with E-state index in [0.29, 0.717) is 22.4 Å². The van der Waals surface area contributed by atoms with Gasteiger partial charge in [-0.15, -0.1) is 0 Å². The highest BCUT2D eigenvalue weighted by Crippen LogP contribution is 2.37. The number of aromatic nitrogens is 4. The van der Waals surface area contributed by atoms with Gasteiger partial charge in [-0.1, -0.05) is 12.1 Å². The molecule has 36 heavy (non-hydrogen) atoms. The Balaban J connectivity index is 1.64. The molecule has 182 valence electrons. The van der Waals surface area contributed by atoms with E-state index in [2.05, 4.69) is 20.3 Å². The number of rotatable bonds is 3. The van der Waals surface area contributed by atoms with Crippen LogP contribution in [0.1, 0.15) is 21.7 Å². The van der Waals surface area contributed by atoms with Crippen molar-refractivity contribution < 1.29 is 35.9 Å². The van der Waals surface area contributed by atoms with Crippen molar-refractivity contribution in [3.05, 3.63) is 77.3 Å². The number of benzene rings is 1. The average Bonchev–Trinajstić information content (AvgIpc) is 3.42. The van der Waals surface area contributed by atoms with Gasteiger partial charge in [0.1, 0.15) is 16.9 Å². The van der Waals surface area contributed by atoms with Gasteiger partial charge in [0.2, 0.25) is 0 Å². The first-order chi connectivity index (χ1) is 17.0. The van der Waals surface area contributed by atoms with Crippen LogP contribution in [0.5, 0.6) is 0 Å². The van der Waals surface area contributed by atoms with Gasteiger partial charge in [-0.3, -0.25) is 14.8 Å². The maximum absolute atomic E-state index is 14.2. The summed E-state index contributed by atoms with van der Waals surface area (Å²) in [5, 5.41) is 2.81. The number of hydrogen-bond acceptors (Lipinski definition) is 4. The fraction of sp³-hybridized carbons (Fsp3) is 0.0870. The molecule has 0 saturated carbocycles. The van der Waals surface area contributed by atoms with Crippen molar-refractivity contribution in [1.82, 2.24) is 19.5 Å². The highest BCUT2D eigenvalue weighted by atomic mass is 19.4. The van der Waals surface area contributed by atoms with E-state index in [1.54, 1.807) is 18.1 Å². The molecule has 7 nitrogen and oxygen atoms in total. The zero-order chi connectivity index (χ0) is 25.8. The molecule has 5 aromatic rings. The van der Waals surface area contributed by atoms with Crippen LogP contribution in [0, 0.1) is 0 Å². The second-order valence-electron chi connectivity index (χ2n) is 7.65. The number of H-pyrrole nitrogens is 1. The van der Waals surface area contributed by atoms with Crippen LogP contribution in [0.2, 0.25) is 0 Å². The normalized spacial score (nSPS) is 12.3. The number of aromatic amines is 1. The zero-order valence-corrected chi connectivity index (χ0v) is 17.6. The van der Waals surface area contributed by atoms with Crippen molar-refractivity contribution in [2.24, 2.45) is 0 Å². The number of alkyl halides is 6. The summed E-state index contributed by atoms with van der Waals surface area (Å²) in [6.07, 6.45) is -6.92. The van der Waals surface area contributed by atoms with E-state index < -0.39 is 35.2 Å². The lowest BCUT2D eigenvalue weighted by Crippen LogP contribution is -2.21. The summed E-state index contributed by atoms with van der Waals surface area (Å²) in [5.41, 5.74) is -3.23. The lowest BCUT2D eigenvalue weighted by Gasteiger charge is -2.16. The lowest BCUT2D eigenvalue weighted by molar-refractivity contribution is -0.142. The van der Waals surface area contributed by atoms with E-state index in [9.17, 15) is 35.9 Å². The number of anilines is 1. The Kier molecular flexibility index (Phi) is 5.11. The molecule has 0 spiro atoms. The minimum atomic E-state index is -5.03. The second kappa shape index (κ2) is 7.95. The van der Waals surface area contributed by atoms with Crippen LogP contribution in [0.25, 0.3) is 27.5 Å². The molecule has 0 unspecified atom stereocenters. The largest absolute Gasteiger partial charge is 0.433 e. The van der Waals surface area contributed by atoms with Gasteiger partial charge in [0, 0.05) is 34.4 Å². The molecule has 5 rings (SSSR count). The van der Waals surface area contributed by atoms with E-state index in [-0.39, 0.29) is 22.2 Å². The summed E-state index contributed by atoms with van der Waals surface area (Å²) in [6.45, 7) is 0. The van der Waals surface area contributed by atoms with Crippen molar-refractivity contribution in [3.8, 4) is 5.69 Å². The number of nitrogens with zero attached hydrogens (tertiary/aromatic N) is 3. The number of carbonyl (C=O) groups is 1. The van der Waals surface area contributed by atoms with Gasteiger partial charge in [-0.05, 0) is 24.3 Å². The third-order valence-corrected chi connectivity index (χ3v) is 5.46. The SMILES string of the molecule is O=C=c1[nH]c2cccc3c(-n4ccc(C(=O)Nc5ccnc(C(F)(F)F)c5)c4C(F)(F)F)cnc1c23. The molecule has 0 atom stereocenters. The molecule has 1 amide bonds. The summed E-state index contributed by atoms with van der Waals surface area (Å²) >= 11 is 0. The van der Waals surface area contributed by atoms with Crippen molar-refractivity contribution in [2.75, 3.05) is 5.32 Å². The lowest BCUT2D eigenvalue weighted by atomic mass is 10.1. The molecule has 0 aliphatic heterocycles. The molecule has 0 bridgehead atoms. The molecule has 4 aromatic heterocycles. The number of hydrogen-bond donors (Lipinski definition) is 2. The highest BCUT2D eigenvalue weighted by Gasteiger charge is 2.40. The summed E-state index contributed by atoms with van der Waals surface area (Å²) in [7, 11) is 0. The molecule has 0 saturated heterocycles. The number of amides is 1. The number of carbonyl (C=O) groups excluding carboxylic acids is 2. The number of pyridine rings is 2. The third-order valence-electron chi connectivity index (χ3n) is 5.46. The van der Waals surface area contributed by atoms with Crippen LogP contribution < -0.4 is 10.7 Å². The first-order valence-electron chi connectivity index (χ1n) is 10.1. The summed E-state index contributed by atoms with van der Waals surface area (Å²) in [5.74, 6) is 0.428. The zero-order valence-electron chi connectivity index (χ0n) is 17.6. The Labute approximate surface area is 196 Å². The van der Waals surface area contributed by atoms with Gasteiger partial charge in [0.05, 0.1) is 17.4 Å². The minimum Gasteiger partial charge on any atom is -0.344 e.